The van der Waals surface area contributed by atoms with Crippen molar-refractivity contribution in [1.29, 1.82) is 0 Å². The van der Waals surface area contributed by atoms with Crippen molar-refractivity contribution in [1.82, 2.24) is 9.55 Å². The Balaban J connectivity index is 3.15. The van der Waals surface area contributed by atoms with E-state index in [1.165, 1.54) is 13.2 Å². The lowest BCUT2D eigenvalue weighted by Crippen LogP contribution is -2.27. The van der Waals surface area contributed by atoms with Crippen LogP contribution in [-0.4, -0.2) is 37.9 Å². The third-order valence-electron chi connectivity index (χ3n) is 1.88. The monoisotopic (exact) mass is 300 g/mol. The first kappa shape index (κ1) is 14.1. The summed E-state index contributed by atoms with van der Waals surface area (Å²) in [6.45, 7) is 0. The molecule has 0 bridgehead atoms. The van der Waals surface area contributed by atoms with Gasteiger partial charge in [0.15, 0.2) is 0 Å². The molecule has 17 heavy (non-hydrogen) atoms. The predicted octanol–water partition coefficient (Wildman–Crippen LogP) is -0.877. The molecule has 0 saturated carbocycles. The van der Waals surface area contributed by atoms with Crippen LogP contribution < -0.4 is 5.56 Å². The predicted molar refractivity (Wildman–Crippen MR) is 61.2 cm³/mol. The lowest BCUT2D eigenvalue weighted by Gasteiger charge is -2.02. The summed E-state index contributed by atoms with van der Waals surface area (Å²) < 4.78 is 45.7. The average Bonchev–Trinajstić information content (AvgIpc) is 2.18. The van der Waals surface area contributed by atoms with Crippen LogP contribution in [0.2, 0.25) is 0 Å². The summed E-state index contributed by atoms with van der Waals surface area (Å²) in [6.07, 6.45) is 2.43. The summed E-state index contributed by atoms with van der Waals surface area (Å²) in [5, 5.41) is -0.678. The van der Waals surface area contributed by atoms with Crippen LogP contribution in [0.15, 0.2) is 22.2 Å². The normalized spacial score (nSPS) is 12.6. The van der Waals surface area contributed by atoms with E-state index in [1.807, 2.05) is 0 Å². The van der Waals surface area contributed by atoms with Gasteiger partial charge in [0, 0.05) is 30.1 Å². The van der Waals surface area contributed by atoms with Crippen molar-refractivity contribution in [3.8, 4) is 0 Å². The Hall–Kier alpha value is -0.930. The minimum Gasteiger partial charge on any atom is -0.315 e. The molecule has 0 spiro atoms. The van der Waals surface area contributed by atoms with Crippen LogP contribution in [-0.2, 0) is 25.9 Å². The number of halogens is 1. The molecular formula is C7H9ClN2O5S2. The van der Waals surface area contributed by atoms with Crippen LogP contribution in [0.3, 0.4) is 0 Å². The minimum atomic E-state index is -4.05. The molecule has 7 nitrogen and oxygen atoms in total. The molecule has 0 aliphatic carbocycles. The van der Waals surface area contributed by atoms with Crippen LogP contribution in [0.5, 0.6) is 0 Å². The van der Waals surface area contributed by atoms with E-state index in [4.69, 9.17) is 10.7 Å². The first-order chi connectivity index (χ1) is 7.63. The van der Waals surface area contributed by atoms with Gasteiger partial charge in [-0.3, -0.25) is 4.79 Å². The summed E-state index contributed by atoms with van der Waals surface area (Å²) >= 11 is 0. The van der Waals surface area contributed by atoms with E-state index in [0.29, 0.717) is 0 Å². The Kier molecular flexibility index (Phi) is 3.95. The Morgan fingerprint density at radius 2 is 1.88 bits per heavy atom. The van der Waals surface area contributed by atoms with Crippen molar-refractivity contribution in [2.75, 3.05) is 11.5 Å². The number of aromatic nitrogens is 2. The molecule has 0 fully saturated rings. The second-order valence-electron chi connectivity index (χ2n) is 3.21. The highest BCUT2D eigenvalue weighted by atomic mass is 35.7. The maximum atomic E-state index is 11.7. The van der Waals surface area contributed by atoms with Crippen LogP contribution in [0, 0.1) is 0 Å². The van der Waals surface area contributed by atoms with Crippen LogP contribution in [0.25, 0.3) is 0 Å². The third-order valence-corrected chi connectivity index (χ3v) is 4.90. The smallest absolute Gasteiger partial charge is 0.288 e. The minimum absolute atomic E-state index is 0.678. The summed E-state index contributed by atoms with van der Waals surface area (Å²) in [5.74, 6) is -1.54. The van der Waals surface area contributed by atoms with Crippen molar-refractivity contribution in [3.05, 3.63) is 22.7 Å². The van der Waals surface area contributed by atoms with Gasteiger partial charge in [0.1, 0.15) is 0 Å². The topological polar surface area (TPSA) is 103 Å². The Labute approximate surface area is 102 Å². The SMILES string of the molecule is Cn1ccnc(S(=O)(=O)CCS(=O)(=O)Cl)c1=O. The van der Waals surface area contributed by atoms with Gasteiger partial charge >= 0.3 is 0 Å². The Morgan fingerprint density at radius 1 is 1.29 bits per heavy atom. The molecule has 1 aromatic heterocycles. The molecule has 96 valence electrons. The lowest BCUT2D eigenvalue weighted by molar-refractivity contribution is 0.585. The van der Waals surface area contributed by atoms with E-state index in [2.05, 4.69) is 4.98 Å². The molecule has 0 atom stereocenters. The molecule has 1 rings (SSSR count). The molecule has 0 saturated heterocycles. The first-order valence-electron chi connectivity index (χ1n) is 4.30. The number of sulfone groups is 1. The van der Waals surface area contributed by atoms with Crippen molar-refractivity contribution < 1.29 is 16.8 Å². The molecule has 0 aliphatic rings. The van der Waals surface area contributed by atoms with E-state index >= 15 is 0 Å². The number of hydrogen-bond donors (Lipinski definition) is 0. The molecule has 10 heteroatoms. The summed E-state index contributed by atoms with van der Waals surface area (Å²) in [6, 6.07) is 0. The quantitative estimate of drug-likeness (QED) is 0.669. The van der Waals surface area contributed by atoms with E-state index in [1.54, 1.807) is 0 Å². The number of hydrogen-bond acceptors (Lipinski definition) is 6. The van der Waals surface area contributed by atoms with Gasteiger partial charge in [-0.05, 0) is 0 Å². The fraction of sp³-hybridized carbons (Fsp3) is 0.429. The van der Waals surface area contributed by atoms with E-state index in [-0.39, 0.29) is 0 Å². The highest BCUT2D eigenvalue weighted by molar-refractivity contribution is 8.14. The Morgan fingerprint density at radius 3 is 2.41 bits per heavy atom. The van der Waals surface area contributed by atoms with Gasteiger partial charge in [-0.2, -0.15) is 0 Å². The average molecular weight is 301 g/mol. The van der Waals surface area contributed by atoms with Crippen LogP contribution in [0.4, 0.5) is 0 Å². The lowest BCUT2D eigenvalue weighted by atomic mass is 10.7. The van der Waals surface area contributed by atoms with Gasteiger partial charge in [0.05, 0.1) is 11.5 Å². The molecule has 0 aliphatic heterocycles. The zero-order valence-electron chi connectivity index (χ0n) is 8.70. The van der Waals surface area contributed by atoms with Gasteiger partial charge < -0.3 is 4.57 Å². The van der Waals surface area contributed by atoms with Crippen LogP contribution in [0.1, 0.15) is 0 Å². The highest BCUT2D eigenvalue weighted by Gasteiger charge is 2.23. The van der Waals surface area contributed by atoms with E-state index in [0.717, 1.165) is 10.8 Å². The van der Waals surface area contributed by atoms with Crippen molar-refractivity contribution in [2.24, 2.45) is 7.05 Å². The number of nitrogens with zero attached hydrogens (tertiary/aromatic N) is 2. The molecule has 0 aromatic carbocycles. The van der Waals surface area contributed by atoms with Crippen molar-refractivity contribution in [3.63, 3.8) is 0 Å². The largest absolute Gasteiger partial charge is 0.315 e. The summed E-state index contributed by atoms with van der Waals surface area (Å²) in [5.41, 5.74) is -0.806. The molecule has 0 radical (unpaired) electrons. The van der Waals surface area contributed by atoms with Gasteiger partial charge in [-0.1, -0.05) is 0 Å². The molecule has 1 aromatic rings. The fourth-order valence-electron chi connectivity index (χ4n) is 0.994. The third kappa shape index (κ3) is 3.79. The van der Waals surface area contributed by atoms with Gasteiger partial charge in [0.2, 0.25) is 23.9 Å². The second kappa shape index (κ2) is 4.75. The molecule has 0 amide bonds. The van der Waals surface area contributed by atoms with Crippen LogP contribution >= 0.6 is 10.7 Å². The molecular weight excluding hydrogens is 292 g/mol. The Bertz CT molecular complexity index is 676. The second-order valence-corrected chi connectivity index (χ2v) is 8.13. The zero-order chi connectivity index (χ0) is 13.3. The summed E-state index contributed by atoms with van der Waals surface area (Å²) in [4.78, 5) is 14.9. The van der Waals surface area contributed by atoms with Gasteiger partial charge in [-0.15, -0.1) is 0 Å². The van der Waals surface area contributed by atoms with Crippen molar-refractivity contribution in [2.45, 2.75) is 5.03 Å². The van der Waals surface area contributed by atoms with Gasteiger partial charge in [-0.25, -0.2) is 21.8 Å². The molecule has 0 N–H and O–H groups in total. The summed E-state index contributed by atoms with van der Waals surface area (Å²) in [7, 11) is -1.72. The van der Waals surface area contributed by atoms with Crippen molar-refractivity contribution >= 4 is 29.6 Å². The highest BCUT2D eigenvalue weighted by Crippen LogP contribution is 2.05. The fourth-order valence-corrected chi connectivity index (χ4v) is 4.06. The number of aryl methyl sites for hydroxylation is 1. The van der Waals surface area contributed by atoms with E-state index in [9.17, 15) is 21.6 Å². The number of rotatable bonds is 4. The maximum Gasteiger partial charge on any atom is 0.288 e. The zero-order valence-corrected chi connectivity index (χ0v) is 11.1. The first-order valence-corrected chi connectivity index (χ1v) is 8.43. The maximum absolute atomic E-state index is 11.7. The standard InChI is InChI=1S/C7H9ClN2O5S2/c1-10-3-2-9-6(7(10)11)16(12,13)4-5-17(8,14)15/h2-3H,4-5H2,1H3. The van der Waals surface area contributed by atoms with E-state index < -0.39 is 41.0 Å². The molecule has 1 heterocycles. The van der Waals surface area contributed by atoms with Gasteiger partial charge in [0.25, 0.3) is 5.56 Å². The molecule has 0 unspecified atom stereocenters.